The van der Waals surface area contributed by atoms with Crippen LogP contribution in [0.25, 0.3) is 11.3 Å². The average molecular weight is 264 g/mol. The summed E-state index contributed by atoms with van der Waals surface area (Å²) < 4.78 is 24.3. The fraction of sp³-hybridized carbons (Fsp3) is 0.167. The smallest absolute Gasteiger partial charge is 0.175 e. The lowest BCUT2D eigenvalue weighted by Crippen LogP contribution is -1.98. The summed E-state index contributed by atoms with van der Waals surface area (Å²) in [6, 6.07) is 6.37. The molecule has 18 heavy (non-hydrogen) atoms. The fourth-order valence-corrected chi connectivity index (χ4v) is 2.38. The monoisotopic (exact) mass is 264 g/mol. The van der Waals surface area contributed by atoms with E-state index in [4.69, 9.17) is 0 Å². The van der Waals surface area contributed by atoms with Gasteiger partial charge in [-0.3, -0.25) is 9.48 Å². The molecule has 0 unspecified atom stereocenters. The second kappa shape index (κ2) is 4.38. The molecule has 2 rings (SSSR count). The largest absolute Gasteiger partial charge is 0.298 e. The lowest BCUT2D eigenvalue weighted by molar-refractivity contribution is 0.112. The summed E-state index contributed by atoms with van der Waals surface area (Å²) in [7, 11) is -1.48. The van der Waals surface area contributed by atoms with Gasteiger partial charge in [-0.2, -0.15) is 5.10 Å². The van der Waals surface area contributed by atoms with E-state index in [0.29, 0.717) is 11.3 Å². The predicted molar refractivity (Wildman–Crippen MR) is 67.1 cm³/mol. The van der Waals surface area contributed by atoms with E-state index in [1.807, 2.05) is 0 Å². The topological polar surface area (TPSA) is 69.0 Å². The van der Waals surface area contributed by atoms with Crippen molar-refractivity contribution in [2.24, 2.45) is 7.05 Å². The number of nitrogens with zero attached hydrogens (tertiary/aromatic N) is 2. The van der Waals surface area contributed by atoms with E-state index in [1.165, 1.54) is 18.3 Å². The zero-order valence-corrected chi connectivity index (χ0v) is 10.8. The van der Waals surface area contributed by atoms with Crippen LogP contribution in [-0.2, 0) is 16.9 Å². The van der Waals surface area contributed by atoms with Crippen LogP contribution in [0.2, 0.25) is 0 Å². The zero-order chi connectivity index (χ0) is 13.3. The minimum Gasteiger partial charge on any atom is -0.298 e. The van der Waals surface area contributed by atoms with Crippen LogP contribution in [0.4, 0.5) is 0 Å². The Labute approximate surface area is 105 Å². The zero-order valence-electron chi connectivity index (χ0n) is 9.99. The normalized spacial score (nSPS) is 11.4. The molecule has 0 aliphatic rings. The molecule has 0 fully saturated rings. The first-order chi connectivity index (χ1) is 8.43. The Bertz CT molecular complexity index is 685. The Morgan fingerprint density at radius 1 is 1.22 bits per heavy atom. The maximum absolute atomic E-state index is 11.3. The van der Waals surface area contributed by atoms with Gasteiger partial charge < -0.3 is 0 Å². The van der Waals surface area contributed by atoms with Gasteiger partial charge in [-0.15, -0.1) is 0 Å². The van der Waals surface area contributed by atoms with Gasteiger partial charge in [-0.25, -0.2) is 8.42 Å². The summed E-state index contributed by atoms with van der Waals surface area (Å²) in [6.45, 7) is 0. The maximum atomic E-state index is 11.3. The molecule has 5 nitrogen and oxygen atoms in total. The van der Waals surface area contributed by atoms with Crippen molar-refractivity contribution in [1.82, 2.24) is 9.78 Å². The van der Waals surface area contributed by atoms with Gasteiger partial charge in [0.2, 0.25) is 0 Å². The summed E-state index contributed by atoms with van der Waals surface area (Å²) >= 11 is 0. The molecule has 0 atom stereocenters. The van der Waals surface area contributed by atoms with Gasteiger partial charge in [-0.1, -0.05) is 12.1 Å². The Hall–Kier alpha value is -1.95. The standard InChI is InChI=1S/C12H12N2O3S/c1-14-12(10(8-15)7-13-14)9-3-5-11(6-4-9)18(2,16)17/h3-8H,1-2H3. The van der Waals surface area contributed by atoms with Gasteiger partial charge in [0.15, 0.2) is 16.1 Å². The van der Waals surface area contributed by atoms with Crippen LogP contribution in [-0.4, -0.2) is 30.7 Å². The molecule has 0 saturated heterocycles. The highest BCUT2D eigenvalue weighted by atomic mass is 32.2. The molecule has 1 aromatic heterocycles. The van der Waals surface area contributed by atoms with Gasteiger partial charge in [0.25, 0.3) is 0 Å². The minimum atomic E-state index is -3.21. The first kappa shape index (κ1) is 12.5. The average Bonchev–Trinajstić information content (AvgIpc) is 2.69. The van der Waals surface area contributed by atoms with E-state index in [0.717, 1.165) is 18.1 Å². The summed E-state index contributed by atoms with van der Waals surface area (Å²) in [5.74, 6) is 0. The van der Waals surface area contributed by atoms with Crippen LogP contribution in [0.15, 0.2) is 35.4 Å². The number of aryl methyl sites for hydroxylation is 1. The maximum Gasteiger partial charge on any atom is 0.175 e. The van der Waals surface area contributed by atoms with Gasteiger partial charge >= 0.3 is 0 Å². The fourth-order valence-electron chi connectivity index (χ4n) is 1.75. The number of carbonyl (C=O) groups is 1. The molecule has 0 saturated carbocycles. The summed E-state index contributed by atoms with van der Waals surface area (Å²) in [6.07, 6.45) is 3.36. The molecular weight excluding hydrogens is 252 g/mol. The van der Waals surface area contributed by atoms with E-state index >= 15 is 0 Å². The van der Waals surface area contributed by atoms with Crippen molar-refractivity contribution in [3.8, 4) is 11.3 Å². The molecule has 2 aromatic rings. The number of benzene rings is 1. The highest BCUT2D eigenvalue weighted by Gasteiger charge is 2.12. The van der Waals surface area contributed by atoms with Gasteiger partial charge in [0, 0.05) is 18.9 Å². The van der Waals surface area contributed by atoms with Gasteiger partial charge in [0.1, 0.15) is 0 Å². The number of hydrogen-bond donors (Lipinski definition) is 0. The predicted octanol–water partition coefficient (Wildman–Crippen LogP) is 1.30. The van der Waals surface area contributed by atoms with Crippen molar-refractivity contribution < 1.29 is 13.2 Å². The van der Waals surface area contributed by atoms with E-state index in [1.54, 1.807) is 23.9 Å². The summed E-state index contributed by atoms with van der Waals surface area (Å²) in [4.78, 5) is 11.1. The van der Waals surface area contributed by atoms with E-state index < -0.39 is 9.84 Å². The van der Waals surface area contributed by atoms with Gasteiger partial charge in [-0.05, 0) is 12.1 Å². The van der Waals surface area contributed by atoms with Crippen molar-refractivity contribution in [1.29, 1.82) is 0 Å². The van der Waals surface area contributed by atoms with Crippen molar-refractivity contribution >= 4 is 16.1 Å². The molecule has 94 valence electrons. The van der Waals surface area contributed by atoms with Crippen LogP contribution in [0, 0.1) is 0 Å². The van der Waals surface area contributed by atoms with Crippen molar-refractivity contribution in [3.05, 3.63) is 36.0 Å². The van der Waals surface area contributed by atoms with E-state index in [-0.39, 0.29) is 4.90 Å². The lowest BCUT2D eigenvalue weighted by atomic mass is 10.1. The molecule has 0 radical (unpaired) electrons. The third kappa shape index (κ3) is 2.19. The number of rotatable bonds is 3. The van der Waals surface area contributed by atoms with Gasteiger partial charge in [0.05, 0.1) is 22.3 Å². The van der Waals surface area contributed by atoms with Crippen molar-refractivity contribution in [3.63, 3.8) is 0 Å². The van der Waals surface area contributed by atoms with Crippen LogP contribution in [0.5, 0.6) is 0 Å². The summed E-state index contributed by atoms with van der Waals surface area (Å²) in [5.41, 5.74) is 1.90. The first-order valence-electron chi connectivity index (χ1n) is 5.21. The molecule has 0 aliphatic carbocycles. The Morgan fingerprint density at radius 2 is 1.83 bits per heavy atom. The molecule has 0 aliphatic heterocycles. The molecule has 0 N–H and O–H groups in total. The Balaban J connectivity index is 2.53. The molecule has 0 spiro atoms. The number of carbonyl (C=O) groups excluding carboxylic acids is 1. The molecule has 1 heterocycles. The molecule has 0 amide bonds. The first-order valence-corrected chi connectivity index (χ1v) is 7.10. The number of sulfone groups is 1. The second-order valence-electron chi connectivity index (χ2n) is 3.99. The molecule has 1 aromatic carbocycles. The third-order valence-corrected chi connectivity index (χ3v) is 3.78. The number of hydrogen-bond acceptors (Lipinski definition) is 4. The SMILES string of the molecule is Cn1ncc(C=O)c1-c1ccc(S(C)(=O)=O)cc1. The number of aldehydes is 1. The third-order valence-electron chi connectivity index (χ3n) is 2.65. The minimum absolute atomic E-state index is 0.251. The molecular formula is C12H12N2O3S. The van der Waals surface area contributed by atoms with Crippen molar-refractivity contribution in [2.45, 2.75) is 4.90 Å². The Kier molecular flexibility index (Phi) is 3.04. The lowest BCUT2D eigenvalue weighted by Gasteiger charge is -2.04. The molecule has 0 bridgehead atoms. The second-order valence-corrected chi connectivity index (χ2v) is 6.00. The molecule has 6 heteroatoms. The van der Waals surface area contributed by atoms with Crippen LogP contribution < -0.4 is 0 Å². The number of aromatic nitrogens is 2. The highest BCUT2D eigenvalue weighted by Crippen LogP contribution is 2.23. The van der Waals surface area contributed by atoms with Crippen LogP contribution in [0.1, 0.15) is 10.4 Å². The van der Waals surface area contributed by atoms with Crippen LogP contribution >= 0.6 is 0 Å². The Morgan fingerprint density at radius 3 is 2.33 bits per heavy atom. The quantitative estimate of drug-likeness (QED) is 0.784. The highest BCUT2D eigenvalue weighted by molar-refractivity contribution is 7.90. The van der Waals surface area contributed by atoms with E-state index in [2.05, 4.69) is 5.10 Å². The van der Waals surface area contributed by atoms with Crippen molar-refractivity contribution in [2.75, 3.05) is 6.26 Å². The summed E-state index contributed by atoms with van der Waals surface area (Å²) in [5, 5.41) is 4.00. The van der Waals surface area contributed by atoms with E-state index in [9.17, 15) is 13.2 Å². The van der Waals surface area contributed by atoms with Crippen LogP contribution in [0.3, 0.4) is 0 Å².